The topological polar surface area (TPSA) is 97.1 Å². The van der Waals surface area contributed by atoms with E-state index in [4.69, 9.17) is 9.47 Å². The van der Waals surface area contributed by atoms with Crippen LogP contribution in [0.25, 0.3) is 5.69 Å². The highest BCUT2D eigenvalue weighted by Gasteiger charge is 2.35. The van der Waals surface area contributed by atoms with Gasteiger partial charge in [-0.2, -0.15) is 5.10 Å². The van der Waals surface area contributed by atoms with Gasteiger partial charge in [0.2, 0.25) is 5.91 Å². The molecule has 2 aromatic carbocycles. The minimum absolute atomic E-state index is 0.145. The first-order valence-corrected chi connectivity index (χ1v) is 12.3. The molecular weight excluding hydrogens is 460 g/mol. The van der Waals surface area contributed by atoms with Crippen molar-refractivity contribution in [1.29, 1.82) is 0 Å². The molecule has 0 spiro atoms. The van der Waals surface area contributed by atoms with E-state index in [1.165, 1.54) is 0 Å². The minimum atomic E-state index is -1.03. The van der Waals surface area contributed by atoms with Crippen molar-refractivity contribution in [2.75, 3.05) is 36.6 Å². The van der Waals surface area contributed by atoms with Crippen LogP contribution in [0.3, 0.4) is 0 Å². The summed E-state index contributed by atoms with van der Waals surface area (Å²) in [4.78, 5) is 28.7. The van der Waals surface area contributed by atoms with Crippen molar-refractivity contribution in [3.8, 4) is 11.4 Å². The number of carbonyl (C=O) groups is 2. The van der Waals surface area contributed by atoms with Crippen molar-refractivity contribution in [2.45, 2.75) is 38.8 Å². The third kappa shape index (κ3) is 4.30. The van der Waals surface area contributed by atoms with E-state index < -0.39 is 12.2 Å². The van der Waals surface area contributed by atoms with E-state index in [0.717, 1.165) is 30.8 Å². The predicted molar refractivity (Wildman–Crippen MR) is 135 cm³/mol. The Kier molecular flexibility index (Phi) is 6.65. The first kappa shape index (κ1) is 23.9. The number of esters is 1. The zero-order valence-corrected chi connectivity index (χ0v) is 20.5. The molecule has 5 rings (SSSR count). The van der Waals surface area contributed by atoms with E-state index >= 15 is 0 Å². The molecule has 3 heterocycles. The summed E-state index contributed by atoms with van der Waals surface area (Å²) in [5.74, 6) is 0.337. The molecule has 1 atom stereocenters. The van der Waals surface area contributed by atoms with E-state index in [1.807, 2.05) is 46.2 Å². The largest absolute Gasteiger partial charge is 0.497 e. The molecule has 0 saturated carbocycles. The Hall–Kier alpha value is -3.85. The number of aromatic nitrogens is 2. The molecule has 1 fully saturated rings. The molecular formula is C27H30N4O5. The number of fused-ring (bicyclic) bond motifs is 1. The predicted octanol–water partition coefficient (Wildman–Crippen LogP) is 3.63. The van der Waals surface area contributed by atoms with Crippen molar-refractivity contribution in [3.05, 3.63) is 65.5 Å². The lowest BCUT2D eigenvalue weighted by atomic mass is 10.0. The second-order valence-corrected chi connectivity index (χ2v) is 8.88. The number of methoxy groups -OCH3 is 1. The highest BCUT2D eigenvalue weighted by Crippen LogP contribution is 2.36. The van der Waals surface area contributed by atoms with Gasteiger partial charge >= 0.3 is 5.97 Å². The summed E-state index contributed by atoms with van der Waals surface area (Å²) in [7, 11) is 1.59. The van der Waals surface area contributed by atoms with Crippen LogP contribution in [0.2, 0.25) is 0 Å². The summed E-state index contributed by atoms with van der Waals surface area (Å²) < 4.78 is 12.1. The highest BCUT2D eigenvalue weighted by molar-refractivity contribution is 5.94. The Balaban J connectivity index is 1.49. The summed E-state index contributed by atoms with van der Waals surface area (Å²) in [5.41, 5.74) is 3.82. The minimum Gasteiger partial charge on any atom is -0.497 e. The summed E-state index contributed by atoms with van der Waals surface area (Å²) in [6, 6.07) is 15.0. The van der Waals surface area contributed by atoms with Crippen molar-refractivity contribution >= 4 is 23.3 Å². The monoisotopic (exact) mass is 490 g/mol. The van der Waals surface area contributed by atoms with Crippen molar-refractivity contribution in [2.24, 2.45) is 0 Å². The zero-order chi connectivity index (χ0) is 25.2. The maximum atomic E-state index is 12.7. The molecule has 1 unspecified atom stereocenters. The number of amides is 1. The molecule has 2 aliphatic heterocycles. The summed E-state index contributed by atoms with van der Waals surface area (Å²) in [6.45, 7) is 3.22. The molecule has 188 valence electrons. The number of piperidine rings is 1. The van der Waals surface area contributed by atoms with Gasteiger partial charge in [0.1, 0.15) is 5.75 Å². The van der Waals surface area contributed by atoms with Gasteiger partial charge in [-0.15, -0.1) is 0 Å². The number of anilines is 2. The number of rotatable bonds is 6. The van der Waals surface area contributed by atoms with Gasteiger partial charge in [0.05, 0.1) is 25.1 Å². The van der Waals surface area contributed by atoms with Crippen LogP contribution in [-0.2, 0) is 16.0 Å². The molecule has 1 N–H and O–H groups in total. The number of aliphatic hydroxyl groups is 1. The average Bonchev–Trinajstić information content (AvgIpc) is 3.30. The number of carbonyl (C=O) groups excluding carboxylic acids is 2. The Morgan fingerprint density at radius 2 is 1.69 bits per heavy atom. The number of hydrogen-bond donors (Lipinski definition) is 1. The van der Waals surface area contributed by atoms with Crippen molar-refractivity contribution < 1.29 is 24.2 Å². The van der Waals surface area contributed by atoms with Gasteiger partial charge in [-0.25, -0.2) is 9.48 Å². The maximum absolute atomic E-state index is 12.7. The van der Waals surface area contributed by atoms with Crippen LogP contribution >= 0.6 is 0 Å². The molecule has 9 heteroatoms. The van der Waals surface area contributed by atoms with E-state index in [1.54, 1.807) is 30.8 Å². The summed E-state index contributed by atoms with van der Waals surface area (Å²) >= 11 is 0. The van der Waals surface area contributed by atoms with Gasteiger partial charge in [0, 0.05) is 36.4 Å². The fraction of sp³-hybridized carbons (Fsp3) is 0.370. The molecule has 0 aliphatic carbocycles. The Labute approximate surface area is 209 Å². The average molecular weight is 491 g/mol. The molecule has 36 heavy (non-hydrogen) atoms. The van der Waals surface area contributed by atoms with Crippen LogP contribution in [0.5, 0.6) is 5.75 Å². The standard InChI is InChI=1S/C27H30N4O5/c1-3-36-27(34)24-22-15-17-30(19-9-7-18(8-10-19)29-16-5-4-6-23(29)32)26(33)25(22)31(28-24)20-11-13-21(35-2)14-12-20/h7-14,26,33H,3-6,15-17H2,1-2H3. The molecule has 1 saturated heterocycles. The fourth-order valence-electron chi connectivity index (χ4n) is 4.93. The number of benzene rings is 2. The lowest BCUT2D eigenvalue weighted by Gasteiger charge is -2.35. The van der Waals surface area contributed by atoms with Crippen LogP contribution < -0.4 is 14.5 Å². The van der Waals surface area contributed by atoms with Gasteiger partial charge in [-0.05, 0) is 74.7 Å². The van der Waals surface area contributed by atoms with E-state index in [-0.39, 0.29) is 18.2 Å². The van der Waals surface area contributed by atoms with Crippen LogP contribution in [0, 0.1) is 0 Å². The highest BCUT2D eigenvalue weighted by atomic mass is 16.5. The second kappa shape index (κ2) is 10.0. The maximum Gasteiger partial charge on any atom is 0.359 e. The Morgan fingerprint density at radius 3 is 2.36 bits per heavy atom. The van der Waals surface area contributed by atoms with Crippen LogP contribution in [0.15, 0.2) is 48.5 Å². The van der Waals surface area contributed by atoms with E-state index in [9.17, 15) is 14.7 Å². The van der Waals surface area contributed by atoms with Gasteiger partial charge in [-0.3, -0.25) is 4.79 Å². The molecule has 3 aromatic rings. The number of hydrogen-bond acceptors (Lipinski definition) is 7. The summed E-state index contributed by atoms with van der Waals surface area (Å²) in [5, 5.41) is 16.1. The Bertz CT molecular complexity index is 1250. The first-order chi connectivity index (χ1) is 17.5. The number of ether oxygens (including phenoxy) is 2. The normalized spacial score (nSPS) is 17.6. The van der Waals surface area contributed by atoms with Crippen molar-refractivity contribution in [1.82, 2.24) is 9.78 Å². The first-order valence-electron chi connectivity index (χ1n) is 12.3. The quantitative estimate of drug-likeness (QED) is 0.527. The zero-order valence-electron chi connectivity index (χ0n) is 20.5. The molecule has 9 nitrogen and oxygen atoms in total. The molecule has 0 bridgehead atoms. The lowest BCUT2D eigenvalue weighted by Crippen LogP contribution is -2.37. The van der Waals surface area contributed by atoms with Gasteiger partial charge in [0.25, 0.3) is 0 Å². The van der Waals surface area contributed by atoms with Crippen LogP contribution in [-0.4, -0.2) is 53.6 Å². The molecule has 1 amide bonds. The van der Waals surface area contributed by atoms with Crippen molar-refractivity contribution in [3.63, 3.8) is 0 Å². The lowest BCUT2D eigenvalue weighted by molar-refractivity contribution is -0.119. The molecule has 0 radical (unpaired) electrons. The molecule has 2 aliphatic rings. The van der Waals surface area contributed by atoms with E-state index in [0.29, 0.717) is 42.1 Å². The SMILES string of the molecule is CCOC(=O)c1nn(-c2ccc(OC)cc2)c2c1CCN(c1ccc(N3CCCCC3=O)cc1)C2O. The fourth-order valence-corrected chi connectivity index (χ4v) is 4.93. The van der Waals surface area contributed by atoms with E-state index in [2.05, 4.69) is 5.10 Å². The summed E-state index contributed by atoms with van der Waals surface area (Å²) in [6.07, 6.45) is 2.00. The van der Waals surface area contributed by atoms with Crippen LogP contribution in [0.1, 0.15) is 54.2 Å². The van der Waals surface area contributed by atoms with Gasteiger partial charge < -0.3 is 24.4 Å². The Morgan fingerprint density at radius 1 is 1.00 bits per heavy atom. The number of nitrogens with zero attached hydrogens (tertiary/aromatic N) is 4. The van der Waals surface area contributed by atoms with Gasteiger partial charge in [-0.1, -0.05) is 0 Å². The number of aliphatic hydroxyl groups excluding tert-OH is 1. The van der Waals surface area contributed by atoms with Crippen LogP contribution in [0.4, 0.5) is 11.4 Å². The third-order valence-electron chi connectivity index (χ3n) is 6.77. The molecule has 1 aromatic heterocycles. The third-order valence-corrected chi connectivity index (χ3v) is 6.77. The second-order valence-electron chi connectivity index (χ2n) is 8.88. The van der Waals surface area contributed by atoms with Gasteiger partial charge in [0.15, 0.2) is 11.9 Å². The smallest absolute Gasteiger partial charge is 0.359 e.